The van der Waals surface area contributed by atoms with Gasteiger partial charge in [0.1, 0.15) is 11.9 Å². The predicted octanol–water partition coefficient (Wildman–Crippen LogP) is 8.79. The minimum absolute atomic E-state index is 0.0814. The van der Waals surface area contributed by atoms with Gasteiger partial charge in [-0.15, -0.1) is 0 Å². The van der Waals surface area contributed by atoms with E-state index in [1.165, 1.54) is 64.2 Å². The third kappa shape index (κ3) is 10.5. The first kappa shape index (κ1) is 28.2. The van der Waals surface area contributed by atoms with Crippen LogP contribution in [0.3, 0.4) is 0 Å². The molecule has 2 rings (SSSR count). The molecular formula is C30H47NO3. The maximum atomic E-state index is 12.6. The van der Waals surface area contributed by atoms with Crippen LogP contribution in [0.4, 0.5) is 0 Å². The molecule has 34 heavy (non-hydrogen) atoms. The first-order valence-corrected chi connectivity index (χ1v) is 14.0. The van der Waals surface area contributed by atoms with Crippen LogP contribution in [0, 0.1) is 16.7 Å². The fourth-order valence-electron chi connectivity index (χ4n) is 4.90. The molecule has 0 unspecified atom stereocenters. The van der Waals surface area contributed by atoms with Crippen LogP contribution >= 0.6 is 0 Å². The molecule has 1 aliphatic carbocycles. The quantitative estimate of drug-likeness (QED) is 0.169. The van der Waals surface area contributed by atoms with Crippen LogP contribution in [-0.4, -0.2) is 18.7 Å². The van der Waals surface area contributed by atoms with E-state index in [0.29, 0.717) is 5.56 Å². The number of ether oxygens (including phenoxy) is 2. The average molecular weight is 470 g/mol. The molecule has 0 atom stereocenters. The van der Waals surface area contributed by atoms with Crippen molar-refractivity contribution in [2.75, 3.05) is 6.61 Å². The molecule has 0 saturated heterocycles. The number of esters is 1. The Morgan fingerprint density at radius 3 is 2.03 bits per heavy atom. The molecule has 0 aliphatic heterocycles. The summed E-state index contributed by atoms with van der Waals surface area (Å²) in [5, 5.41) is 9.83. The molecule has 0 amide bonds. The second-order valence-corrected chi connectivity index (χ2v) is 10.2. The number of unbranched alkanes of at least 4 members (excludes halogenated alkanes) is 10. The van der Waals surface area contributed by atoms with E-state index in [9.17, 15) is 10.1 Å². The molecule has 190 valence electrons. The van der Waals surface area contributed by atoms with E-state index in [1.807, 2.05) is 12.1 Å². The van der Waals surface area contributed by atoms with Crippen molar-refractivity contribution in [1.82, 2.24) is 0 Å². The zero-order valence-electron chi connectivity index (χ0n) is 21.8. The minimum Gasteiger partial charge on any atom is -0.494 e. The summed E-state index contributed by atoms with van der Waals surface area (Å²) >= 11 is 0. The van der Waals surface area contributed by atoms with E-state index in [4.69, 9.17) is 9.47 Å². The smallest absolute Gasteiger partial charge is 0.338 e. The van der Waals surface area contributed by atoms with E-state index < -0.39 is 0 Å². The Bertz CT molecular complexity index is 714. The zero-order chi connectivity index (χ0) is 24.5. The van der Waals surface area contributed by atoms with E-state index in [1.54, 1.807) is 12.1 Å². The van der Waals surface area contributed by atoms with Crippen LogP contribution in [0.2, 0.25) is 0 Å². The largest absolute Gasteiger partial charge is 0.494 e. The highest BCUT2D eigenvalue weighted by molar-refractivity contribution is 5.89. The van der Waals surface area contributed by atoms with E-state index in [-0.39, 0.29) is 17.5 Å². The second kappa shape index (κ2) is 16.6. The molecule has 0 bridgehead atoms. The molecule has 1 fully saturated rings. The summed E-state index contributed by atoms with van der Waals surface area (Å²) in [7, 11) is 0. The van der Waals surface area contributed by atoms with Gasteiger partial charge >= 0.3 is 5.97 Å². The summed E-state index contributed by atoms with van der Waals surface area (Å²) in [4.78, 5) is 12.6. The first-order valence-electron chi connectivity index (χ1n) is 14.0. The molecule has 1 saturated carbocycles. The lowest BCUT2D eigenvalue weighted by Crippen LogP contribution is -2.31. The lowest BCUT2D eigenvalue weighted by molar-refractivity contribution is 0.0105. The van der Waals surface area contributed by atoms with Crippen molar-refractivity contribution in [3.8, 4) is 11.8 Å². The summed E-state index contributed by atoms with van der Waals surface area (Å²) in [5.74, 6) is 0.529. The van der Waals surface area contributed by atoms with Gasteiger partial charge in [0.25, 0.3) is 0 Å². The van der Waals surface area contributed by atoms with Crippen LogP contribution in [0.15, 0.2) is 24.3 Å². The summed E-state index contributed by atoms with van der Waals surface area (Å²) in [6.07, 6.45) is 19.1. The fraction of sp³-hybridized carbons (Fsp3) is 0.733. The number of nitrogens with zero attached hydrogens (tertiary/aromatic N) is 1. The molecule has 4 heteroatoms. The van der Waals surface area contributed by atoms with Crippen LogP contribution in [0.5, 0.6) is 5.75 Å². The number of rotatable bonds is 17. The molecule has 1 aliphatic rings. The fourth-order valence-corrected chi connectivity index (χ4v) is 4.90. The average Bonchev–Trinajstić information content (AvgIpc) is 2.87. The molecular weight excluding hydrogens is 422 g/mol. The third-order valence-electron chi connectivity index (χ3n) is 7.27. The van der Waals surface area contributed by atoms with Gasteiger partial charge in [0, 0.05) is 0 Å². The third-order valence-corrected chi connectivity index (χ3v) is 7.27. The Labute approximate surface area is 208 Å². The van der Waals surface area contributed by atoms with Crippen LogP contribution < -0.4 is 4.74 Å². The topological polar surface area (TPSA) is 59.3 Å². The van der Waals surface area contributed by atoms with Gasteiger partial charge in [-0.1, -0.05) is 84.5 Å². The van der Waals surface area contributed by atoms with Crippen molar-refractivity contribution < 1.29 is 14.3 Å². The van der Waals surface area contributed by atoms with Crippen molar-refractivity contribution >= 4 is 5.97 Å². The van der Waals surface area contributed by atoms with Crippen molar-refractivity contribution in [2.45, 2.75) is 129 Å². The van der Waals surface area contributed by atoms with Crippen molar-refractivity contribution in [2.24, 2.45) is 5.41 Å². The van der Waals surface area contributed by atoms with Gasteiger partial charge in [0.2, 0.25) is 0 Å². The predicted molar refractivity (Wildman–Crippen MR) is 139 cm³/mol. The maximum absolute atomic E-state index is 12.6. The molecule has 0 spiro atoms. The number of hydrogen-bond acceptors (Lipinski definition) is 4. The Balaban J connectivity index is 1.66. The normalized spacial score (nSPS) is 20.0. The summed E-state index contributed by atoms with van der Waals surface area (Å²) in [6, 6.07) is 9.90. The van der Waals surface area contributed by atoms with Crippen molar-refractivity contribution in [3.63, 3.8) is 0 Å². The zero-order valence-corrected chi connectivity index (χ0v) is 21.8. The lowest BCUT2D eigenvalue weighted by atomic mass is 9.71. The van der Waals surface area contributed by atoms with E-state index in [0.717, 1.165) is 57.3 Å². The van der Waals surface area contributed by atoms with Gasteiger partial charge in [0.15, 0.2) is 0 Å². The van der Waals surface area contributed by atoms with E-state index in [2.05, 4.69) is 19.9 Å². The minimum atomic E-state index is -0.271. The van der Waals surface area contributed by atoms with Crippen LogP contribution in [0.1, 0.15) is 133 Å². The van der Waals surface area contributed by atoms with E-state index >= 15 is 0 Å². The highest BCUT2D eigenvalue weighted by atomic mass is 16.5. The van der Waals surface area contributed by atoms with Gasteiger partial charge in [-0.3, -0.25) is 0 Å². The highest BCUT2D eigenvalue weighted by Crippen LogP contribution is 2.41. The van der Waals surface area contributed by atoms with Gasteiger partial charge in [-0.25, -0.2) is 4.79 Å². The SMILES string of the molecule is CCCCCCCCCC1(C#N)CCC(OC(=O)c2ccc(OCCCCCCC)cc2)CC1. The Morgan fingerprint density at radius 1 is 0.882 bits per heavy atom. The maximum Gasteiger partial charge on any atom is 0.338 e. The number of benzene rings is 1. The molecule has 0 radical (unpaired) electrons. The molecule has 4 nitrogen and oxygen atoms in total. The summed E-state index contributed by atoms with van der Waals surface area (Å²) < 4.78 is 11.6. The molecule has 1 aromatic rings. The monoisotopic (exact) mass is 469 g/mol. The lowest BCUT2D eigenvalue weighted by Gasteiger charge is -2.34. The Morgan fingerprint density at radius 2 is 1.44 bits per heavy atom. The molecule has 0 heterocycles. The summed E-state index contributed by atoms with van der Waals surface area (Å²) in [6.45, 7) is 5.18. The van der Waals surface area contributed by atoms with Gasteiger partial charge in [-0.2, -0.15) is 5.26 Å². The van der Waals surface area contributed by atoms with Gasteiger partial charge in [-0.05, 0) is 62.8 Å². The number of carbonyl (C=O) groups is 1. The van der Waals surface area contributed by atoms with Crippen molar-refractivity contribution in [1.29, 1.82) is 5.26 Å². The van der Waals surface area contributed by atoms with Crippen LogP contribution in [-0.2, 0) is 4.74 Å². The molecule has 0 aromatic heterocycles. The van der Waals surface area contributed by atoms with Crippen molar-refractivity contribution in [3.05, 3.63) is 29.8 Å². The standard InChI is InChI=1S/C30H47NO3/c1-3-5-7-9-10-11-13-21-30(25-31)22-19-28(20-23-30)34-29(32)26-15-17-27(18-16-26)33-24-14-12-8-6-4-2/h15-18,28H,3-14,19-24H2,1-2H3. The molecule has 1 aromatic carbocycles. The van der Waals surface area contributed by atoms with Gasteiger partial charge < -0.3 is 9.47 Å². The Hall–Kier alpha value is -2.02. The van der Waals surface area contributed by atoms with Crippen LogP contribution in [0.25, 0.3) is 0 Å². The highest BCUT2D eigenvalue weighted by Gasteiger charge is 2.36. The molecule has 0 N–H and O–H groups in total. The first-order chi connectivity index (χ1) is 16.6. The Kier molecular flexibility index (Phi) is 13.8. The number of nitriles is 1. The number of carbonyl (C=O) groups excluding carboxylic acids is 1. The second-order valence-electron chi connectivity index (χ2n) is 10.2. The van der Waals surface area contributed by atoms with Gasteiger partial charge in [0.05, 0.1) is 23.7 Å². The number of hydrogen-bond donors (Lipinski definition) is 0. The summed E-state index contributed by atoms with van der Waals surface area (Å²) in [5.41, 5.74) is 0.345.